The van der Waals surface area contributed by atoms with Gasteiger partial charge in [-0.3, -0.25) is 4.57 Å². The molecule has 0 unspecified atom stereocenters. The summed E-state index contributed by atoms with van der Waals surface area (Å²) in [4.78, 5) is 4.65. The van der Waals surface area contributed by atoms with Gasteiger partial charge in [-0.25, -0.2) is 4.98 Å². The van der Waals surface area contributed by atoms with Gasteiger partial charge in [0.2, 0.25) is 0 Å². The Hall–Kier alpha value is -5.49. The summed E-state index contributed by atoms with van der Waals surface area (Å²) in [6, 6.07) is 22.7. The van der Waals surface area contributed by atoms with Gasteiger partial charge in [0.25, 0.3) is 0 Å². The summed E-state index contributed by atoms with van der Waals surface area (Å²) in [5.41, 5.74) is -0.453. The van der Waals surface area contributed by atoms with Crippen LogP contribution in [0.1, 0.15) is 5.82 Å². The number of hydrogen-bond donors (Lipinski definition) is 2. The molecule has 0 saturated carbocycles. The first-order chi connectivity index (χ1) is 35.6. The van der Waals surface area contributed by atoms with Gasteiger partial charge in [0.15, 0.2) is 7.85 Å². The van der Waals surface area contributed by atoms with Crippen molar-refractivity contribution in [2.75, 3.05) is 0 Å². The molecule has 0 atom stereocenters. The van der Waals surface area contributed by atoms with Gasteiger partial charge in [-0.05, 0) is 113 Å². The number of aromatic nitrogens is 2. The molecule has 9 aromatic carbocycles. The maximum Gasteiger partial charge on any atom is 0.152 e. The minimum atomic E-state index is -3.15. The number of benzene rings is 9. The molecule has 1 aromatic heterocycles. The summed E-state index contributed by atoms with van der Waals surface area (Å²) in [5.74, 6) is -0.192. The Kier molecular flexibility index (Phi) is 13.4. The highest BCUT2D eigenvalue weighted by Gasteiger charge is 2.41. The Balaban J connectivity index is 1.43. The van der Waals surface area contributed by atoms with E-state index in [4.69, 9.17) is 165 Å². The highest BCUT2D eigenvalue weighted by atomic mass is 16.5. The van der Waals surface area contributed by atoms with Crippen LogP contribution < -0.4 is 98.3 Å². The second-order valence-electron chi connectivity index (χ2n) is 18.8. The van der Waals surface area contributed by atoms with Crippen LogP contribution >= 0.6 is 0 Å². The molecule has 0 saturated heterocycles. The highest BCUT2D eigenvalue weighted by molar-refractivity contribution is 6.73. The van der Waals surface area contributed by atoms with Crippen molar-refractivity contribution in [3.63, 3.8) is 0 Å². The number of imidazole rings is 1. The molecule has 0 fully saturated rings. The molecule has 0 aliphatic carbocycles. The average Bonchev–Trinajstić information content (AvgIpc) is 3.83. The van der Waals surface area contributed by atoms with Gasteiger partial charge in [-0.1, -0.05) is 86.2 Å². The fourth-order valence-corrected chi connectivity index (χ4v) is 10.3. The third kappa shape index (κ3) is 7.77. The third-order valence-corrected chi connectivity index (χ3v) is 14.5. The van der Waals surface area contributed by atoms with E-state index in [0.29, 0.717) is 38.6 Å². The zero-order valence-electron chi connectivity index (χ0n) is 40.4. The minimum absolute atomic E-state index is 0.0259. The summed E-state index contributed by atoms with van der Waals surface area (Å²) in [6.45, 7) is 0. The summed E-state index contributed by atoms with van der Waals surface area (Å²) in [7, 11) is 140. The summed E-state index contributed by atoms with van der Waals surface area (Å²) < 4.78 is 1.58. The monoisotopic (exact) mass is 918 g/mol. The molecule has 4 nitrogen and oxygen atoms in total. The predicted molar refractivity (Wildman–Crippen MR) is 338 cm³/mol. The first-order valence-electron chi connectivity index (χ1n) is 22.9. The molecule has 10 rings (SSSR count). The third-order valence-electron chi connectivity index (χ3n) is 14.5. The standard InChI is InChI=1S/C51H15B21N2O2/c52-31-24(32(53)40(61)47(68)39(31)60)15-11-14(12-16(13-15)25-33(54)41(62)48(69)42(63)34(25)55)23-27-29(37(58)45(66)43(64)35(27)56)26(30-28(23)36(57)44(65)46(67)38(30)59)19-9-10-21(18-6-2-1-5-17(18)19)74-22-8-4-3-7-20(22)73-49(74)50(70,71)51(72,75)76/h1-13,75-76H. The zero-order valence-corrected chi connectivity index (χ0v) is 40.4. The number of para-hydroxylation sites is 2. The first kappa shape index (κ1) is 53.9. The van der Waals surface area contributed by atoms with Crippen molar-refractivity contribution < 1.29 is 10.2 Å². The lowest BCUT2D eigenvalue weighted by Crippen LogP contribution is -2.55. The maximum absolute atomic E-state index is 10.7. The molecule has 10 aromatic rings. The van der Waals surface area contributed by atoms with Crippen molar-refractivity contribution in [3.8, 4) is 50.2 Å². The van der Waals surface area contributed by atoms with E-state index in [1.807, 2.05) is 12.1 Å². The van der Waals surface area contributed by atoms with Crippen LogP contribution in [0.25, 0.3) is 93.5 Å². The van der Waals surface area contributed by atoms with Gasteiger partial charge in [0, 0.05) is 5.39 Å². The van der Waals surface area contributed by atoms with Gasteiger partial charge in [0.05, 0.1) is 32.4 Å². The van der Waals surface area contributed by atoms with E-state index in [-0.39, 0.29) is 159 Å². The van der Waals surface area contributed by atoms with Gasteiger partial charge < -0.3 is 10.2 Å². The fourth-order valence-electron chi connectivity index (χ4n) is 10.3. The van der Waals surface area contributed by atoms with Crippen LogP contribution in [-0.2, 0) is 5.21 Å². The normalized spacial score (nSPS) is 12.1. The van der Waals surface area contributed by atoms with Crippen molar-refractivity contribution >= 4 is 306 Å². The van der Waals surface area contributed by atoms with Crippen molar-refractivity contribution in [2.24, 2.45) is 0 Å². The molecule has 2 N–H and O–H groups in total. The quantitative estimate of drug-likeness (QED) is 0.0951. The van der Waals surface area contributed by atoms with Gasteiger partial charge in [-0.15, -0.1) is 54.6 Å². The Bertz CT molecular complexity index is 4020. The lowest BCUT2D eigenvalue weighted by Gasteiger charge is -2.37. The largest absolute Gasteiger partial charge is 0.376 e. The number of hydrogen-bond acceptors (Lipinski definition) is 3. The average molecular weight is 915 g/mol. The number of fused-ring (bicyclic) bond motifs is 4. The van der Waals surface area contributed by atoms with E-state index in [9.17, 15) is 10.2 Å². The van der Waals surface area contributed by atoms with Crippen LogP contribution in [-0.4, -0.2) is 190 Å². The molecule has 0 aliphatic rings. The van der Waals surface area contributed by atoms with E-state index < -0.39 is 10.9 Å². The van der Waals surface area contributed by atoms with Crippen LogP contribution in [0.5, 0.6) is 0 Å². The van der Waals surface area contributed by atoms with Crippen LogP contribution in [0.4, 0.5) is 0 Å². The molecule has 1 heterocycles. The second-order valence-corrected chi connectivity index (χ2v) is 18.8. The molecular formula is C51H15B21N2O2. The highest BCUT2D eigenvalue weighted by Crippen LogP contribution is 2.45. The van der Waals surface area contributed by atoms with Gasteiger partial charge in [-0.2, -0.15) is 0 Å². The second kappa shape index (κ2) is 18.9. The van der Waals surface area contributed by atoms with E-state index in [1.54, 1.807) is 71.3 Å². The van der Waals surface area contributed by atoms with Gasteiger partial charge in [0.1, 0.15) is 153 Å². The molecule has 25 heteroatoms. The summed E-state index contributed by atoms with van der Waals surface area (Å²) in [6.07, 6.45) is 0. The molecule has 0 bridgehead atoms. The van der Waals surface area contributed by atoms with Crippen LogP contribution in [0.2, 0.25) is 0 Å². The maximum atomic E-state index is 10.7. The lowest BCUT2D eigenvalue weighted by molar-refractivity contribution is -0.100. The Morgan fingerprint density at radius 1 is 0.355 bits per heavy atom. The topological polar surface area (TPSA) is 58.3 Å². The van der Waals surface area contributed by atoms with E-state index in [1.165, 1.54) is 0 Å². The minimum Gasteiger partial charge on any atom is -0.376 e. The summed E-state index contributed by atoms with van der Waals surface area (Å²) >= 11 is 0. The molecule has 76 heavy (non-hydrogen) atoms. The number of rotatable bonds is 7. The van der Waals surface area contributed by atoms with E-state index >= 15 is 0 Å². The molecule has 304 valence electrons. The molecular weight excluding hydrogens is 900 g/mol. The molecule has 0 aliphatic heterocycles. The molecule has 0 spiro atoms. The predicted octanol–water partition coefficient (Wildman–Crippen LogP) is -11.3. The van der Waals surface area contributed by atoms with Crippen molar-refractivity contribution in [1.29, 1.82) is 0 Å². The number of aliphatic hydroxyl groups is 2. The summed E-state index contributed by atoms with van der Waals surface area (Å²) in [5, 5.41) is 20.9. The lowest BCUT2D eigenvalue weighted by atomic mass is 9.45. The van der Waals surface area contributed by atoms with Gasteiger partial charge >= 0.3 is 0 Å². The Labute approximate surface area is 469 Å². The molecule has 42 radical (unpaired) electrons. The first-order valence-corrected chi connectivity index (χ1v) is 22.9. The van der Waals surface area contributed by atoms with Crippen molar-refractivity contribution in [3.05, 3.63) is 84.7 Å². The molecule has 0 amide bonds. The van der Waals surface area contributed by atoms with E-state index in [0.717, 1.165) is 0 Å². The van der Waals surface area contributed by atoms with Crippen molar-refractivity contribution in [2.45, 2.75) is 10.9 Å². The van der Waals surface area contributed by atoms with Crippen LogP contribution in [0, 0.1) is 0 Å². The number of nitrogens with zero attached hydrogens (tertiary/aromatic N) is 2. The Morgan fingerprint density at radius 2 is 0.697 bits per heavy atom. The van der Waals surface area contributed by atoms with Crippen LogP contribution in [0.3, 0.4) is 0 Å². The fraction of sp³-hybridized carbons (Fsp3) is 0.0392. The van der Waals surface area contributed by atoms with Crippen molar-refractivity contribution in [1.82, 2.24) is 9.55 Å². The Morgan fingerprint density at radius 3 is 1.12 bits per heavy atom. The van der Waals surface area contributed by atoms with E-state index in [2.05, 4.69) is 4.98 Å². The smallest absolute Gasteiger partial charge is 0.152 e. The van der Waals surface area contributed by atoms with Crippen LogP contribution in [0.15, 0.2) is 78.9 Å². The SMILES string of the molecule is [B]c1c([B])c([B])c(-c2cc(-c3c([B])c([B])c([B])c([B])c3[B])cc(-c3c4c([B])c([B])c([B])c([B])c4c(-c4ccc(-n5c(C([B])([B])C([B])(O)O)nc6ccccc65)c5ccccc45)c4c([B])c([B])c([B])c([B])c34)c2)c([B])c1[B]. The zero-order chi connectivity index (χ0) is 55.3.